The van der Waals surface area contributed by atoms with Gasteiger partial charge in [0.25, 0.3) is 5.69 Å². The van der Waals surface area contributed by atoms with Crippen molar-refractivity contribution in [3.63, 3.8) is 0 Å². The molecule has 10 nitrogen and oxygen atoms in total. The number of methoxy groups -OCH3 is 1. The van der Waals surface area contributed by atoms with Gasteiger partial charge in [-0.1, -0.05) is 39.3 Å². The third-order valence-electron chi connectivity index (χ3n) is 5.92. The average Bonchev–Trinajstić information content (AvgIpc) is 2.81. The summed E-state index contributed by atoms with van der Waals surface area (Å²) in [4.78, 5) is 54.3. The van der Waals surface area contributed by atoms with Crippen LogP contribution < -0.4 is 5.32 Å². The van der Waals surface area contributed by atoms with Crippen molar-refractivity contribution in [2.24, 2.45) is 16.8 Å². The largest absolute Gasteiger partial charge is 0.468 e. The van der Waals surface area contributed by atoms with Gasteiger partial charge in [-0.3, -0.25) is 24.7 Å². The Kier molecular flexibility index (Phi) is 9.68. The second-order valence-corrected chi connectivity index (χ2v) is 8.80. The van der Waals surface area contributed by atoms with E-state index in [-0.39, 0.29) is 23.8 Å². The van der Waals surface area contributed by atoms with Gasteiger partial charge in [0.15, 0.2) is 0 Å². The van der Waals surface area contributed by atoms with Crippen LogP contribution in [0.1, 0.15) is 58.9 Å². The van der Waals surface area contributed by atoms with Crippen LogP contribution in [0.3, 0.4) is 0 Å². The molecule has 1 aromatic rings. The molecule has 1 aliphatic rings. The van der Waals surface area contributed by atoms with Crippen molar-refractivity contribution < 1.29 is 28.8 Å². The van der Waals surface area contributed by atoms with Crippen LogP contribution in [0.25, 0.3) is 0 Å². The van der Waals surface area contributed by atoms with Crippen LogP contribution in [0.2, 0.25) is 0 Å². The zero-order valence-electron chi connectivity index (χ0n) is 21.0. The number of esters is 2. The monoisotopic (exact) mass is 487 g/mol. The number of nitrogens with one attached hydrogen (secondary N) is 1. The molecule has 35 heavy (non-hydrogen) atoms. The molecule has 190 valence electrons. The third kappa shape index (κ3) is 6.52. The van der Waals surface area contributed by atoms with Crippen molar-refractivity contribution in [3.8, 4) is 0 Å². The van der Waals surface area contributed by atoms with Crippen molar-refractivity contribution >= 4 is 29.2 Å². The van der Waals surface area contributed by atoms with E-state index in [1.165, 1.54) is 25.3 Å². The first-order valence-corrected chi connectivity index (χ1v) is 11.6. The Morgan fingerprint density at radius 3 is 2.49 bits per heavy atom. The average molecular weight is 488 g/mol. The lowest BCUT2D eigenvalue weighted by Gasteiger charge is -2.32. The van der Waals surface area contributed by atoms with Crippen LogP contribution in [0.15, 0.2) is 40.5 Å². The van der Waals surface area contributed by atoms with E-state index in [0.717, 1.165) is 6.42 Å². The van der Waals surface area contributed by atoms with Crippen LogP contribution in [0, 0.1) is 22.0 Å². The zero-order chi connectivity index (χ0) is 26.3. The quantitative estimate of drug-likeness (QED) is 0.230. The molecule has 0 aromatic heterocycles. The van der Waals surface area contributed by atoms with E-state index in [9.17, 15) is 24.5 Å². The second kappa shape index (κ2) is 12.2. The molecule has 1 amide bonds. The molecule has 0 bridgehead atoms. The maximum Gasteiger partial charge on any atom is 0.328 e. The zero-order valence-corrected chi connectivity index (χ0v) is 21.0. The van der Waals surface area contributed by atoms with Crippen LogP contribution in [-0.2, 0) is 23.9 Å². The predicted molar refractivity (Wildman–Crippen MR) is 130 cm³/mol. The number of ether oxygens (including phenoxy) is 2. The smallest absolute Gasteiger partial charge is 0.328 e. The fraction of sp³-hybridized carbons (Fsp3) is 0.520. The Balaban J connectivity index is 2.54. The molecule has 3 atom stereocenters. The van der Waals surface area contributed by atoms with Crippen molar-refractivity contribution in [3.05, 3.63) is 51.2 Å². The molecule has 0 aliphatic carbocycles. The Hall–Kier alpha value is -3.56. The molecule has 1 aliphatic heterocycles. The molecular formula is C25H33N3O7. The molecule has 1 N–H and O–H groups in total. The number of hydrogen-bond acceptors (Lipinski definition) is 8. The maximum absolute atomic E-state index is 13.6. The minimum Gasteiger partial charge on any atom is -0.468 e. The van der Waals surface area contributed by atoms with Gasteiger partial charge in [0.1, 0.15) is 12.0 Å². The molecule has 0 saturated heterocycles. The van der Waals surface area contributed by atoms with Gasteiger partial charge >= 0.3 is 11.9 Å². The molecule has 1 unspecified atom stereocenters. The highest BCUT2D eigenvalue weighted by molar-refractivity contribution is 6.08. The summed E-state index contributed by atoms with van der Waals surface area (Å²) in [6.07, 6.45) is 1.56. The van der Waals surface area contributed by atoms with Gasteiger partial charge in [-0.15, -0.1) is 0 Å². The molecule has 0 fully saturated rings. The van der Waals surface area contributed by atoms with Gasteiger partial charge in [-0.25, -0.2) is 4.79 Å². The molecule has 1 aromatic carbocycles. The Bertz CT molecular complexity index is 1050. The van der Waals surface area contributed by atoms with Crippen LogP contribution in [-0.4, -0.2) is 48.2 Å². The summed E-state index contributed by atoms with van der Waals surface area (Å²) in [5.74, 6) is -3.91. The summed E-state index contributed by atoms with van der Waals surface area (Å²) >= 11 is 0. The SMILES string of the molecule is CCCCOC(=O)[C@@H](NC(=O)C1=C(C)N=C(C)C(C(=O)OC)[C@@H]1c1cccc([N+](=O)[O-])c1)C(C)C. The highest BCUT2D eigenvalue weighted by Crippen LogP contribution is 2.40. The van der Waals surface area contributed by atoms with Crippen molar-refractivity contribution in [1.29, 1.82) is 0 Å². The van der Waals surface area contributed by atoms with E-state index in [4.69, 9.17) is 9.47 Å². The first-order valence-electron chi connectivity index (χ1n) is 11.6. The van der Waals surface area contributed by atoms with Crippen molar-refractivity contribution in [1.82, 2.24) is 5.32 Å². The Labute approximate surface area is 204 Å². The number of hydrogen-bond donors (Lipinski definition) is 1. The molecular weight excluding hydrogens is 454 g/mol. The van der Waals surface area contributed by atoms with Crippen molar-refractivity contribution in [2.45, 2.75) is 59.4 Å². The van der Waals surface area contributed by atoms with E-state index < -0.39 is 40.6 Å². The van der Waals surface area contributed by atoms with E-state index in [1.54, 1.807) is 33.8 Å². The lowest BCUT2D eigenvalue weighted by molar-refractivity contribution is -0.384. The number of carbonyl (C=O) groups excluding carboxylic acids is 3. The number of aliphatic imine (C=N–C) groups is 1. The summed E-state index contributed by atoms with van der Waals surface area (Å²) in [5, 5.41) is 14.1. The van der Waals surface area contributed by atoms with E-state index in [0.29, 0.717) is 23.4 Å². The number of benzene rings is 1. The van der Waals surface area contributed by atoms with Crippen molar-refractivity contribution in [2.75, 3.05) is 13.7 Å². The minimum absolute atomic E-state index is 0.138. The number of unbranched alkanes of at least 4 members (excludes halogenated alkanes) is 1. The summed E-state index contributed by atoms with van der Waals surface area (Å²) in [6, 6.07) is 4.85. The molecule has 0 saturated carbocycles. The van der Waals surface area contributed by atoms with Crippen LogP contribution in [0.5, 0.6) is 0 Å². The molecule has 1 heterocycles. The number of carbonyl (C=O) groups is 3. The lowest BCUT2D eigenvalue weighted by atomic mass is 9.75. The summed E-state index contributed by atoms with van der Waals surface area (Å²) in [5.41, 5.74) is 1.11. The minimum atomic E-state index is -0.972. The summed E-state index contributed by atoms with van der Waals surface area (Å²) in [7, 11) is 1.23. The second-order valence-electron chi connectivity index (χ2n) is 8.80. The molecule has 2 rings (SSSR count). The number of nitrogens with zero attached hydrogens (tertiary/aromatic N) is 2. The first-order chi connectivity index (χ1) is 16.5. The number of non-ortho nitro benzene ring substituents is 1. The lowest BCUT2D eigenvalue weighted by Crippen LogP contribution is -2.48. The highest BCUT2D eigenvalue weighted by Gasteiger charge is 2.43. The Morgan fingerprint density at radius 2 is 1.91 bits per heavy atom. The standard InChI is InChI=1S/C25H33N3O7/c1-7-8-12-35-25(31)22(14(2)3)27-23(29)19-15(4)26-16(5)20(24(30)34-6)21(19)17-10-9-11-18(13-17)28(32)33/h9-11,13-14,20-22H,7-8,12H2,1-6H3,(H,27,29)/t20?,21-,22+/m1/s1. The summed E-state index contributed by atoms with van der Waals surface area (Å²) < 4.78 is 10.3. The normalized spacial score (nSPS) is 18.5. The number of allylic oxidation sites excluding steroid dienone is 1. The van der Waals surface area contributed by atoms with Crippen LogP contribution >= 0.6 is 0 Å². The molecule has 0 spiro atoms. The maximum atomic E-state index is 13.6. The molecule has 10 heteroatoms. The Morgan fingerprint density at radius 1 is 1.23 bits per heavy atom. The van der Waals surface area contributed by atoms with Crippen LogP contribution in [0.4, 0.5) is 5.69 Å². The topological polar surface area (TPSA) is 137 Å². The van der Waals surface area contributed by atoms with E-state index in [2.05, 4.69) is 10.3 Å². The predicted octanol–water partition coefficient (Wildman–Crippen LogP) is 3.70. The first kappa shape index (κ1) is 27.7. The van der Waals surface area contributed by atoms with Gasteiger partial charge in [-0.2, -0.15) is 0 Å². The van der Waals surface area contributed by atoms with Gasteiger partial charge in [0, 0.05) is 35.0 Å². The van der Waals surface area contributed by atoms with Gasteiger partial charge in [0.2, 0.25) is 5.91 Å². The summed E-state index contributed by atoms with van der Waals surface area (Å²) in [6.45, 7) is 9.06. The fourth-order valence-corrected chi connectivity index (χ4v) is 4.08. The number of rotatable bonds is 10. The van der Waals surface area contributed by atoms with E-state index >= 15 is 0 Å². The number of amides is 1. The van der Waals surface area contributed by atoms with E-state index in [1.807, 2.05) is 6.92 Å². The highest BCUT2D eigenvalue weighted by atomic mass is 16.6. The third-order valence-corrected chi connectivity index (χ3v) is 5.92. The van der Waals surface area contributed by atoms with Gasteiger partial charge in [0.05, 0.1) is 18.6 Å². The van der Waals surface area contributed by atoms with Gasteiger partial charge < -0.3 is 14.8 Å². The van der Waals surface area contributed by atoms with Gasteiger partial charge in [-0.05, 0) is 31.7 Å². The fourth-order valence-electron chi connectivity index (χ4n) is 4.08. The number of nitro benzene ring substituents is 1. The molecule has 0 radical (unpaired) electrons. The number of nitro groups is 1.